The molecule has 0 aliphatic rings. The Balaban J connectivity index is 1.90. The number of nitrogens with zero attached hydrogens (tertiary/aromatic N) is 2. The average Bonchev–Trinajstić information content (AvgIpc) is 2.89. The number of fused-ring (bicyclic) bond motifs is 1. The lowest BCUT2D eigenvalue weighted by Crippen LogP contribution is -2.15. The van der Waals surface area contributed by atoms with Crippen LogP contribution in [0.2, 0.25) is 0 Å². The molecular weight excluding hydrogens is 334 g/mol. The van der Waals surface area contributed by atoms with Gasteiger partial charge in [-0.05, 0) is 34.1 Å². The highest BCUT2D eigenvalue weighted by molar-refractivity contribution is 9.10. The molecule has 3 rings (SSSR count). The van der Waals surface area contributed by atoms with E-state index in [4.69, 9.17) is 0 Å². The molecule has 3 N–H and O–H groups in total. The molecule has 0 radical (unpaired) electrons. The Hall–Kier alpha value is -2.41. The maximum Gasteiger partial charge on any atom is 0.261 e. The van der Waals surface area contributed by atoms with Gasteiger partial charge in [-0.15, -0.1) is 0 Å². The maximum atomic E-state index is 12.4. The molecule has 7 heteroatoms. The topological polar surface area (TPSA) is 82.7 Å². The van der Waals surface area contributed by atoms with Gasteiger partial charge >= 0.3 is 0 Å². The number of aromatic nitrogens is 3. The van der Waals surface area contributed by atoms with Gasteiger partial charge in [-0.25, -0.2) is 9.97 Å². The molecule has 0 fully saturated rings. The van der Waals surface area contributed by atoms with Crippen molar-refractivity contribution in [2.24, 2.45) is 0 Å². The molecule has 0 atom stereocenters. The standard InChI is InChI=1S/C14H12BrN5O/c1-16-12-9(6-8(15)7-17-12)13(21)20-14-18-10-4-2-3-5-11(10)19-14/h2-7H,1H3,(H,16,17)(H2,18,19,20,21). The number of imidazole rings is 1. The zero-order valence-electron chi connectivity index (χ0n) is 11.1. The number of halogens is 1. The van der Waals surface area contributed by atoms with Crippen molar-refractivity contribution < 1.29 is 4.79 Å². The van der Waals surface area contributed by atoms with Crippen molar-refractivity contribution in [2.75, 3.05) is 17.7 Å². The quantitative estimate of drug-likeness (QED) is 0.681. The summed E-state index contributed by atoms with van der Waals surface area (Å²) in [5.74, 6) is 0.627. The summed E-state index contributed by atoms with van der Waals surface area (Å²) in [4.78, 5) is 23.9. The van der Waals surface area contributed by atoms with Crippen LogP contribution in [-0.4, -0.2) is 27.9 Å². The lowest BCUT2D eigenvalue weighted by atomic mass is 10.2. The van der Waals surface area contributed by atoms with Crippen LogP contribution in [-0.2, 0) is 0 Å². The number of aromatic amines is 1. The Kier molecular flexibility index (Phi) is 3.57. The summed E-state index contributed by atoms with van der Waals surface area (Å²) in [5.41, 5.74) is 2.11. The Morgan fingerprint density at radius 1 is 1.33 bits per heavy atom. The van der Waals surface area contributed by atoms with Crippen LogP contribution in [0.5, 0.6) is 0 Å². The van der Waals surface area contributed by atoms with E-state index in [-0.39, 0.29) is 5.91 Å². The van der Waals surface area contributed by atoms with Gasteiger partial charge in [0.05, 0.1) is 16.6 Å². The highest BCUT2D eigenvalue weighted by Gasteiger charge is 2.14. The Labute approximate surface area is 129 Å². The average molecular weight is 346 g/mol. The van der Waals surface area contributed by atoms with Crippen LogP contribution in [0.15, 0.2) is 41.0 Å². The fraction of sp³-hybridized carbons (Fsp3) is 0.0714. The van der Waals surface area contributed by atoms with Crippen molar-refractivity contribution in [3.63, 3.8) is 0 Å². The summed E-state index contributed by atoms with van der Waals surface area (Å²) < 4.78 is 0.733. The number of rotatable bonds is 3. The van der Waals surface area contributed by atoms with E-state index in [1.807, 2.05) is 24.3 Å². The van der Waals surface area contributed by atoms with Crippen LogP contribution < -0.4 is 10.6 Å². The third-order valence-corrected chi connectivity index (χ3v) is 3.39. The van der Waals surface area contributed by atoms with E-state index in [0.717, 1.165) is 15.5 Å². The molecule has 3 aromatic rings. The summed E-state index contributed by atoms with van der Waals surface area (Å²) in [5, 5.41) is 5.64. The predicted molar refractivity (Wildman–Crippen MR) is 85.5 cm³/mol. The number of hydrogen-bond donors (Lipinski definition) is 3. The second-order valence-electron chi connectivity index (χ2n) is 4.36. The van der Waals surface area contributed by atoms with E-state index < -0.39 is 0 Å². The van der Waals surface area contributed by atoms with Crippen LogP contribution in [0.4, 0.5) is 11.8 Å². The number of para-hydroxylation sites is 2. The number of hydrogen-bond acceptors (Lipinski definition) is 4. The van der Waals surface area contributed by atoms with Crippen molar-refractivity contribution in [1.29, 1.82) is 0 Å². The second-order valence-corrected chi connectivity index (χ2v) is 5.27. The lowest BCUT2D eigenvalue weighted by molar-refractivity contribution is 0.102. The smallest absolute Gasteiger partial charge is 0.261 e. The molecule has 0 aliphatic carbocycles. The fourth-order valence-electron chi connectivity index (χ4n) is 2.00. The molecule has 6 nitrogen and oxygen atoms in total. The Morgan fingerprint density at radius 3 is 2.90 bits per heavy atom. The SMILES string of the molecule is CNc1ncc(Br)cc1C(=O)Nc1nc2ccccc2[nH]1. The zero-order chi connectivity index (χ0) is 14.8. The third-order valence-electron chi connectivity index (χ3n) is 2.96. The minimum atomic E-state index is -0.285. The van der Waals surface area contributed by atoms with E-state index in [1.165, 1.54) is 0 Å². The molecule has 0 saturated heterocycles. The predicted octanol–water partition coefficient (Wildman–Crippen LogP) is 3.01. The number of carbonyl (C=O) groups excluding carboxylic acids is 1. The summed E-state index contributed by atoms with van der Waals surface area (Å²) in [6.45, 7) is 0. The summed E-state index contributed by atoms with van der Waals surface area (Å²) in [6.07, 6.45) is 1.63. The molecule has 0 aliphatic heterocycles. The van der Waals surface area contributed by atoms with Crippen LogP contribution in [0, 0.1) is 0 Å². The fourth-order valence-corrected chi connectivity index (χ4v) is 2.33. The van der Waals surface area contributed by atoms with Crippen LogP contribution in [0.3, 0.4) is 0 Å². The molecule has 2 heterocycles. The normalized spacial score (nSPS) is 10.6. The highest BCUT2D eigenvalue weighted by Crippen LogP contribution is 2.19. The van der Waals surface area contributed by atoms with Crippen molar-refractivity contribution in [2.45, 2.75) is 0 Å². The monoisotopic (exact) mass is 345 g/mol. The van der Waals surface area contributed by atoms with Crippen molar-refractivity contribution >= 4 is 44.6 Å². The van der Waals surface area contributed by atoms with Crippen molar-refractivity contribution in [3.8, 4) is 0 Å². The van der Waals surface area contributed by atoms with Gasteiger partial charge in [0.25, 0.3) is 5.91 Å². The first-order valence-corrected chi connectivity index (χ1v) is 7.06. The van der Waals surface area contributed by atoms with Gasteiger partial charge in [0.1, 0.15) is 5.82 Å². The largest absolute Gasteiger partial charge is 0.372 e. The second kappa shape index (κ2) is 5.53. The van der Waals surface area contributed by atoms with Gasteiger partial charge in [0.2, 0.25) is 5.95 Å². The Morgan fingerprint density at radius 2 is 2.14 bits per heavy atom. The number of amides is 1. The van der Waals surface area contributed by atoms with E-state index in [0.29, 0.717) is 17.3 Å². The van der Waals surface area contributed by atoms with Crippen molar-refractivity contribution in [3.05, 3.63) is 46.6 Å². The first-order valence-electron chi connectivity index (χ1n) is 6.27. The first kappa shape index (κ1) is 13.6. The number of carbonyl (C=O) groups is 1. The maximum absolute atomic E-state index is 12.4. The minimum Gasteiger partial charge on any atom is -0.372 e. The molecule has 0 bridgehead atoms. The molecule has 106 valence electrons. The molecular formula is C14H12BrN5O. The molecule has 21 heavy (non-hydrogen) atoms. The van der Waals surface area contributed by atoms with Gasteiger partial charge in [0.15, 0.2) is 0 Å². The van der Waals surface area contributed by atoms with Gasteiger partial charge in [0, 0.05) is 17.7 Å². The van der Waals surface area contributed by atoms with Crippen LogP contribution in [0.25, 0.3) is 11.0 Å². The van der Waals surface area contributed by atoms with Gasteiger partial charge in [-0.1, -0.05) is 12.1 Å². The molecule has 2 aromatic heterocycles. The van der Waals surface area contributed by atoms with E-state index in [2.05, 4.69) is 41.5 Å². The zero-order valence-corrected chi connectivity index (χ0v) is 12.7. The number of anilines is 2. The van der Waals surface area contributed by atoms with E-state index >= 15 is 0 Å². The first-order chi connectivity index (χ1) is 10.2. The van der Waals surface area contributed by atoms with E-state index in [1.54, 1.807) is 19.3 Å². The summed E-state index contributed by atoms with van der Waals surface area (Å²) >= 11 is 3.31. The van der Waals surface area contributed by atoms with Crippen molar-refractivity contribution in [1.82, 2.24) is 15.0 Å². The van der Waals surface area contributed by atoms with Gasteiger partial charge < -0.3 is 10.3 Å². The number of nitrogens with one attached hydrogen (secondary N) is 3. The summed E-state index contributed by atoms with van der Waals surface area (Å²) in [6, 6.07) is 9.28. The van der Waals surface area contributed by atoms with Gasteiger partial charge in [-0.2, -0.15) is 0 Å². The van der Waals surface area contributed by atoms with E-state index in [9.17, 15) is 4.79 Å². The highest BCUT2D eigenvalue weighted by atomic mass is 79.9. The molecule has 0 unspecified atom stereocenters. The Bertz CT molecular complexity index is 781. The molecule has 1 aromatic carbocycles. The third kappa shape index (κ3) is 2.73. The number of benzene rings is 1. The molecule has 0 spiro atoms. The molecule has 1 amide bonds. The summed E-state index contributed by atoms with van der Waals surface area (Å²) in [7, 11) is 1.72. The van der Waals surface area contributed by atoms with Crippen LogP contribution in [0.1, 0.15) is 10.4 Å². The van der Waals surface area contributed by atoms with Crippen LogP contribution >= 0.6 is 15.9 Å². The van der Waals surface area contributed by atoms with Gasteiger partial charge in [-0.3, -0.25) is 10.1 Å². The molecule has 0 saturated carbocycles. The lowest BCUT2D eigenvalue weighted by Gasteiger charge is -2.07. The minimum absolute atomic E-state index is 0.285. The number of pyridine rings is 1. The number of H-pyrrole nitrogens is 1.